The SMILES string of the molecule is CC1(C)CS(=O)(=O)NC(=N[C@@H](CCCO)c2ccccc2)O1. The van der Waals surface area contributed by atoms with Gasteiger partial charge in [0.05, 0.1) is 6.04 Å². The molecule has 1 saturated heterocycles. The van der Waals surface area contributed by atoms with Crippen LogP contribution in [0.1, 0.15) is 38.3 Å². The second-order valence-corrected chi connectivity index (χ2v) is 7.67. The lowest BCUT2D eigenvalue weighted by Crippen LogP contribution is -2.51. The van der Waals surface area contributed by atoms with Crippen molar-refractivity contribution in [2.45, 2.75) is 38.3 Å². The summed E-state index contributed by atoms with van der Waals surface area (Å²) in [7, 11) is -3.44. The zero-order chi connectivity index (χ0) is 16.2. The van der Waals surface area contributed by atoms with Gasteiger partial charge in [0.2, 0.25) is 10.0 Å². The monoisotopic (exact) mass is 326 g/mol. The number of amidine groups is 1. The van der Waals surface area contributed by atoms with E-state index in [1.54, 1.807) is 13.8 Å². The number of rotatable bonds is 5. The highest BCUT2D eigenvalue weighted by Gasteiger charge is 2.36. The fourth-order valence-electron chi connectivity index (χ4n) is 2.40. The average Bonchev–Trinajstić information content (AvgIpc) is 2.41. The summed E-state index contributed by atoms with van der Waals surface area (Å²) in [4.78, 5) is 4.43. The van der Waals surface area contributed by atoms with Gasteiger partial charge in [0.25, 0.3) is 6.02 Å². The van der Waals surface area contributed by atoms with Gasteiger partial charge < -0.3 is 9.84 Å². The molecule has 1 aromatic carbocycles. The first kappa shape index (κ1) is 16.8. The van der Waals surface area contributed by atoms with Crippen molar-refractivity contribution >= 4 is 16.0 Å². The van der Waals surface area contributed by atoms with Crippen LogP contribution < -0.4 is 4.72 Å². The van der Waals surface area contributed by atoms with Crippen LogP contribution in [0, 0.1) is 0 Å². The fourth-order valence-corrected chi connectivity index (χ4v) is 3.81. The van der Waals surface area contributed by atoms with Crippen LogP contribution in [0.25, 0.3) is 0 Å². The molecule has 0 bridgehead atoms. The van der Waals surface area contributed by atoms with Gasteiger partial charge in [0.15, 0.2) is 0 Å². The van der Waals surface area contributed by atoms with E-state index in [4.69, 9.17) is 9.84 Å². The summed E-state index contributed by atoms with van der Waals surface area (Å²) in [5.41, 5.74) is 0.135. The summed E-state index contributed by atoms with van der Waals surface area (Å²) in [5, 5.41) is 9.04. The summed E-state index contributed by atoms with van der Waals surface area (Å²) in [6.45, 7) is 3.49. The maximum absolute atomic E-state index is 11.9. The maximum atomic E-state index is 11.9. The number of sulfonamides is 1. The van der Waals surface area contributed by atoms with Crippen molar-refractivity contribution in [3.05, 3.63) is 35.9 Å². The molecule has 6 nitrogen and oxygen atoms in total. The van der Waals surface area contributed by atoms with Gasteiger partial charge in [-0.3, -0.25) is 0 Å². The van der Waals surface area contributed by atoms with E-state index < -0.39 is 15.6 Å². The van der Waals surface area contributed by atoms with Crippen LogP contribution in [0.15, 0.2) is 35.3 Å². The fraction of sp³-hybridized carbons (Fsp3) is 0.533. The van der Waals surface area contributed by atoms with Crippen LogP contribution in [0.5, 0.6) is 0 Å². The minimum absolute atomic E-state index is 0.0167. The first-order chi connectivity index (χ1) is 10.3. The van der Waals surface area contributed by atoms with E-state index in [-0.39, 0.29) is 24.4 Å². The van der Waals surface area contributed by atoms with Gasteiger partial charge in [-0.25, -0.2) is 18.1 Å². The van der Waals surface area contributed by atoms with Crippen molar-refractivity contribution < 1.29 is 18.3 Å². The predicted molar refractivity (Wildman–Crippen MR) is 85.0 cm³/mol. The molecule has 0 aromatic heterocycles. The lowest BCUT2D eigenvalue weighted by Gasteiger charge is -2.32. The molecule has 1 atom stereocenters. The highest BCUT2D eigenvalue weighted by Crippen LogP contribution is 2.25. The minimum atomic E-state index is -3.44. The van der Waals surface area contributed by atoms with Crippen LogP contribution in [-0.4, -0.2) is 37.5 Å². The molecule has 1 fully saturated rings. The number of nitrogens with one attached hydrogen (secondary N) is 1. The molecule has 2 N–H and O–H groups in total. The lowest BCUT2D eigenvalue weighted by atomic mass is 10.0. The number of hydrogen-bond acceptors (Lipinski definition) is 5. The van der Waals surface area contributed by atoms with Crippen LogP contribution in [0.3, 0.4) is 0 Å². The Hall–Kier alpha value is -1.60. The molecule has 0 radical (unpaired) electrons. The van der Waals surface area contributed by atoms with Gasteiger partial charge in [-0.2, -0.15) is 0 Å². The molecule has 1 heterocycles. The van der Waals surface area contributed by atoms with Crippen molar-refractivity contribution in [1.82, 2.24) is 4.72 Å². The number of hydrogen-bond donors (Lipinski definition) is 2. The molecule has 0 saturated carbocycles. The Labute approximate surface area is 131 Å². The number of ether oxygens (including phenoxy) is 1. The van der Waals surface area contributed by atoms with E-state index in [0.29, 0.717) is 12.8 Å². The Morgan fingerprint density at radius 1 is 1.36 bits per heavy atom. The second kappa shape index (κ2) is 6.66. The van der Waals surface area contributed by atoms with E-state index in [1.165, 1.54) is 0 Å². The Morgan fingerprint density at radius 2 is 2.05 bits per heavy atom. The van der Waals surface area contributed by atoms with Crippen LogP contribution in [0.2, 0.25) is 0 Å². The Balaban J connectivity index is 2.28. The molecule has 2 rings (SSSR count). The molecule has 22 heavy (non-hydrogen) atoms. The molecule has 1 aliphatic rings. The molecule has 1 aliphatic heterocycles. The van der Waals surface area contributed by atoms with E-state index in [1.807, 2.05) is 30.3 Å². The summed E-state index contributed by atoms with van der Waals surface area (Å²) < 4.78 is 31.8. The Kier molecular flexibility index (Phi) is 5.08. The molecule has 0 aliphatic carbocycles. The molecule has 122 valence electrons. The van der Waals surface area contributed by atoms with Crippen molar-refractivity contribution in [2.75, 3.05) is 12.4 Å². The minimum Gasteiger partial charge on any atom is -0.457 e. The third-order valence-electron chi connectivity index (χ3n) is 3.25. The Bertz CT molecular complexity index is 626. The van der Waals surface area contributed by atoms with E-state index in [0.717, 1.165) is 5.56 Å². The van der Waals surface area contributed by atoms with Crippen molar-refractivity contribution in [3.63, 3.8) is 0 Å². The van der Waals surface area contributed by atoms with E-state index in [2.05, 4.69) is 9.71 Å². The van der Waals surface area contributed by atoms with Gasteiger partial charge >= 0.3 is 0 Å². The molecular formula is C15H22N2O4S. The number of benzene rings is 1. The molecule has 0 unspecified atom stereocenters. The highest BCUT2D eigenvalue weighted by molar-refractivity contribution is 7.90. The van der Waals surface area contributed by atoms with Crippen LogP contribution in [-0.2, 0) is 14.8 Å². The van der Waals surface area contributed by atoms with Crippen molar-refractivity contribution in [2.24, 2.45) is 4.99 Å². The molecule has 0 spiro atoms. The Morgan fingerprint density at radius 3 is 2.64 bits per heavy atom. The number of aliphatic hydroxyl groups excluding tert-OH is 1. The smallest absolute Gasteiger partial charge is 0.299 e. The average molecular weight is 326 g/mol. The zero-order valence-corrected chi connectivity index (χ0v) is 13.6. The van der Waals surface area contributed by atoms with E-state index >= 15 is 0 Å². The van der Waals surface area contributed by atoms with Gasteiger partial charge in [0.1, 0.15) is 11.4 Å². The molecule has 7 heteroatoms. The van der Waals surface area contributed by atoms with Gasteiger partial charge in [-0.15, -0.1) is 0 Å². The third-order valence-corrected chi connectivity index (χ3v) is 4.81. The molecule has 1 aromatic rings. The summed E-state index contributed by atoms with van der Waals surface area (Å²) >= 11 is 0. The van der Waals surface area contributed by atoms with Crippen LogP contribution >= 0.6 is 0 Å². The van der Waals surface area contributed by atoms with Gasteiger partial charge in [-0.1, -0.05) is 30.3 Å². The largest absolute Gasteiger partial charge is 0.457 e. The zero-order valence-electron chi connectivity index (χ0n) is 12.8. The maximum Gasteiger partial charge on any atom is 0.299 e. The number of aliphatic imine (C=N–C) groups is 1. The van der Waals surface area contributed by atoms with Crippen molar-refractivity contribution in [3.8, 4) is 0 Å². The normalized spacial score (nSPS) is 22.6. The summed E-state index contributed by atoms with van der Waals surface area (Å²) in [6, 6.07) is 9.31. The number of aliphatic hydroxyl groups is 1. The second-order valence-electron chi connectivity index (χ2n) is 5.95. The van der Waals surface area contributed by atoms with Crippen LogP contribution in [0.4, 0.5) is 0 Å². The number of nitrogens with zero attached hydrogens (tertiary/aromatic N) is 1. The highest BCUT2D eigenvalue weighted by atomic mass is 32.2. The van der Waals surface area contributed by atoms with Gasteiger partial charge in [0, 0.05) is 6.61 Å². The standard InChI is InChI=1S/C15H22N2O4S/c1-15(2)11-22(19,20)17-14(21-15)16-13(9-6-10-18)12-7-4-3-5-8-12/h3-5,7-8,13,18H,6,9-11H2,1-2H3,(H,16,17)/t13-/m0/s1. The lowest BCUT2D eigenvalue weighted by molar-refractivity contribution is 0.106. The molecular weight excluding hydrogens is 304 g/mol. The first-order valence-electron chi connectivity index (χ1n) is 7.24. The predicted octanol–water partition coefficient (Wildman–Crippen LogP) is 1.58. The van der Waals surface area contributed by atoms with Crippen molar-refractivity contribution in [1.29, 1.82) is 0 Å². The first-order valence-corrected chi connectivity index (χ1v) is 8.90. The topological polar surface area (TPSA) is 88.0 Å². The third kappa shape index (κ3) is 4.71. The van der Waals surface area contributed by atoms with E-state index in [9.17, 15) is 8.42 Å². The summed E-state index contributed by atoms with van der Waals surface area (Å²) in [5.74, 6) is -0.105. The molecule has 0 amide bonds. The van der Waals surface area contributed by atoms with Gasteiger partial charge in [-0.05, 0) is 32.3 Å². The quantitative estimate of drug-likeness (QED) is 0.860. The summed E-state index contributed by atoms with van der Waals surface area (Å²) in [6.07, 6.45) is 1.18.